The van der Waals surface area contributed by atoms with Crippen molar-refractivity contribution in [2.45, 2.75) is 62.0 Å². The Morgan fingerprint density at radius 3 is 2.65 bits per heavy atom. The van der Waals surface area contributed by atoms with Gasteiger partial charge in [-0.3, -0.25) is 15.0 Å². The minimum absolute atomic E-state index is 0.0172. The summed E-state index contributed by atoms with van der Waals surface area (Å²) in [5.41, 5.74) is 2.68. The van der Waals surface area contributed by atoms with Crippen molar-refractivity contribution in [1.82, 2.24) is 10.4 Å². The van der Waals surface area contributed by atoms with E-state index in [1.165, 1.54) is 11.8 Å². The molecule has 0 bridgehead atoms. The van der Waals surface area contributed by atoms with E-state index in [0.717, 1.165) is 30.7 Å². The number of halogens is 1. The highest BCUT2D eigenvalue weighted by Gasteiger charge is 2.38. The highest BCUT2D eigenvalue weighted by molar-refractivity contribution is 9.09. The van der Waals surface area contributed by atoms with E-state index in [2.05, 4.69) is 21.4 Å². The maximum Gasteiger partial charge on any atom is 0.284 e. The van der Waals surface area contributed by atoms with Gasteiger partial charge in [-0.2, -0.15) is 5.01 Å². The lowest BCUT2D eigenvalue weighted by Gasteiger charge is -2.28. The van der Waals surface area contributed by atoms with E-state index < -0.39 is 12.2 Å². The predicted octanol–water partition coefficient (Wildman–Crippen LogP) is 2.24. The number of nitrogens with zero attached hydrogens (tertiary/aromatic N) is 1. The van der Waals surface area contributed by atoms with Gasteiger partial charge in [0.2, 0.25) is 5.91 Å². The van der Waals surface area contributed by atoms with E-state index >= 15 is 0 Å². The molecule has 5 atom stereocenters. The number of carbonyl (C=O) groups is 2. The highest BCUT2D eigenvalue weighted by atomic mass is 79.9. The van der Waals surface area contributed by atoms with Crippen LogP contribution >= 0.6 is 39.9 Å². The lowest BCUT2D eigenvalue weighted by atomic mass is 9.85. The summed E-state index contributed by atoms with van der Waals surface area (Å²) in [6.45, 7) is 0. The quantitative estimate of drug-likeness (QED) is 0.338. The Kier molecular flexibility index (Phi) is 6.77. The zero-order chi connectivity index (χ0) is 18.8. The molecule has 0 radical (unpaired) electrons. The Balaban J connectivity index is 1.63. The Hall–Kier alpha value is -0.480. The van der Waals surface area contributed by atoms with Crippen LogP contribution in [0.2, 0.25) is 0 Å². The average molecular weight is 463 g/mol. The molecule has 1 saturated heterocycles. The smallest absolute Gasteiger partial charge is 0.284 e. The lowest BCUT2D eigenvalue weighted by molar-refractivity contribution is -0.135. The molecular weight excluding hydrogens is 440 g/mol. The van der Waals surface area contributed by atoms with Crippen LogP contribution in [0.15, 0.2) is 11.0 Å². The summed E-state index contributed by atoms with van der Waals surface area (Å²) in [6.07, 6.45) is 5.86. The molecule has 3 fully saturated rings. The number of hydrogen-bond acceptors (Lipinski definition) is 6. The highest BCUT2D eigenvalue weighted by Crippen LogP contribution is 2.35. The van der Waals surface area contributed by atoms with Gasteiger partial charge in [0.05, 0.1) is 23.0 Å². The van der Waals surface area contributed by atoms with Gasteiger partial charge in [-0.05, 0) is 50.2 Å². The zero-order valence-corrected chi connectivity index (χ0v) is 17.5. The van der Waals surface area contributed by atoms with Crippen molar-refractivity contribution in [2.24, 2.45) is 11.8 Å². The molecule has 0 aromatic carbocycles. The predicted molar refractivity (Wildman–Crippen MR) is 107 cm³/mol. The molecule has 0 aromatic rings. The van der Waals surface area contributed by atoms with Gasteiger partial charge >= 0.3 is 0 Å². The van der Waals surface area contributed by atoms with E-state index in [-0.39, 0.29) is 28.5 Å². The largest absolute Gasteiger partial charge is 0.390 e. The van der Waals surface area contributed by atoms with Gasteiger partial charge < -0.3 is 10.2 Å². The molecule has 0 spiro atoms. The third kappa shape index (κ3) is 4.49. The Morgan fingerprint density at radius 2 is 1.96 bits per heavy atom. The van der Waals surface area contributed by atoms with Crippen molar-refractivity contribution in [1.29, 1.82) is 0 Å². The first-order valence-electron chi connectivity index (χ1n) is 8.95. The number of amides is 2. The number of aliphatic hydroxyl groups excluding tert-OH is 2. The first-order valence-corrected chi connectivity index (χ1v) is 11.1. The maximum absolute atomic E-state index is 12.6. The number of nitrogens with one attached hydrogen (secondary N) is 1. The van der Waals surface area contributed by atoms with Crippen LogP contribution in [-0.4, -0.2) is 48.4 Å². The molecule has 5 unspecified atom stereocenters. The van der Waals surface area contributed by atoms with Gasteiger partial charge in [-0.1, -0.05) is 46.6 Å². The number of hydrazine groups is 1. The summed E-state index contributed by atoms with van der Waals surface area (Å²) in [5, 5.41) is 20.6. The SMILES string of the molecule is O=C(NN1C(=O)/C(=C/C2CCC(O)C(O)C2)SC1=S)C1CCCCC1Br. The third-order valence-electron chi connectivity index (χ3n) is 5.24. The van der Waals surface area contributed by atoms with Crippen molar-refractivity contribution in [2.75, 3.05) is 0 Å². The van der Waals surface area contributed by atoms with E-state index in [4.69, 9.17) is 12.2 Å². The zero-order valence-electron chi connectivity index (χ0n) is 14.3. The van der Waals surface area contributed by atoms with Gasteiger partial charge in [0.25, 0.3) is 5.91 Å². The minimum atomic E-state index is -0.767. The van der Waals surface area contributed by atoms with Crippen molar-refractivity contribution in [3.8, 4) is 0 Å². The molecule has 26 heavy (non-hydrogen) atoms. The Morgan fingerprint density at radius 1 is 1.23 bits per heavy atom. The number of allylic oxidation sites excluding steroid dienone is 1. The van der Waals surface area contributed by atoms with Gasteiger partial charge in [0.15, 0.2) is 4.32 Å². The number of thioether (sulfide) groups is 1. The van der Waals surface area contributed by atoms with Crippen molar-refractivity contribution < 1.29 is 19.8 Å². The van der Waals surface area contributed by atoms with E-state index in [9.17, 15) is 19.8 Å². The number of alkyl halides is 1. The molecule has 0 aromatic heterocycles. The number of hydrogen-bond donors (Lipinski definition) is 3. The monoisotopic (exact) mass is 462 g/mol. The van der Waals surface area contributed by atoms with Crippen molar-refractivity contribution >= 4 is 56.0 Å². The van der Waals surface area contributed by atoms with Crippen LogP contribution in [0.25, 0.3) is 0 Å². The van der Waals surface area contributed by atoms with Crippen molar-refractivity contribution in [3.63, 3.8) is 0 Å². The minimum Gasteiger partial charge on any atom is -0.390 e. The van der Waals surface area contributed by atoms with E-state index in [1.807, 2.05) is 6.08 Å². The first kappa shape index (κ1) is 20.3. The number of thiocarbonyl (C=S) groups is 1. The molecule has 3 rings (SSSR count). The summed E-state index contributed by atoms with van der Waals surface area (Å²) in [4.78, 5) is 25.8. The molecule has 1 aliphatic heterocycles. The van der Waals surface area contributed by atoms with Gasteiger partial charge in [0, 0.05) is 4.83 Å². The molecule has 3 N–H and O–H groups in total. The molecule has 144 valence electrons. The van der Waals surface area contributed by atoms with Crippen LogP contribution in [0, 0.1) is 11.8 Å². The molecular formula is C17H23BrN2O4S2. The second-order valence-corrected chi connectivity index (χ2v) is 9.98. The lowest BCUT2D eigenvalue weighted by Crippen LogP contribution is -2.49. The summed E-state index contributed by atoms with van der Waals surface area (Å²) < 4.78 is 0.313. The second kappa shape index (κ2) is 8.68. The maximum atomic E-state index is 12.6. The van der Waals surface area contributed by atoms with Gasteiger partial charge in [-0.25, -0.2) is 0 Å². The fourth-order valence-electron chi connectivity index (χ4n) is 3.68. The number of rotatable bonds is 3. The molecule has 2 amide bonds. The molecule has 2 aliphatic carbocycles. The van der Waals surface area contributed by atoms with Crippen molar-refractivity contribution in [3.05, 3.63) is 11.0 Å². The fourth-order valence-corrected chi connectivity index (χ4v) is 5.75. The topological polar surface area (TPSA) is 89.9 Å². The van der Waals surface area contributed by atoms with Gasteiger partial charge in [0.1, 0.15) is 0 Å². The molecule has 1 heterocycles. The summed E-state index contributed by atoms with van der Waals surface area (Å²) in [7, 11) is 0. The fraction of sp³-hybridized carbons (Fsp3) is 0.706. The second-order valence-electron chi connectivity index (χ2n) is 7.13. The average Bonchev–Trinajstić information content (AvgIpc) is 2.86. The molecule has 3 aliphatic rings. The third-order valence-corrected chi connectivity index (χ3v) is 7.66. The van der Waals surface area contributed by atoms with Crippen LogP contribution < -0.4 is 5.43 Å². The van der Waals surface area contributed by atoms with Crippen LogP contribution in [0.3, 0.4) is 0 Å². The van der Waals surface area contributed by atoms with E-state index in [1.54, 1.807) is 0 Å². The number of aliphatic hydroxyl groups is 2. The molecule has 9 heteroatoms. The van der Waals surface area contributed by atoms with Crippen LogP contribution in [-0.2, 0) is 9.59 Å². The molecule has 6 nitrogen and oxygen atoms in total. The standard InChI is InChI=1S/C17H23BrN2O4S2/c18-11-4-2-1-3-10(11)15(23)19-20-16(24)14(26-17(20)25)8-9-5-6-12(21)13(22)7-9/h8-13,21-22H,1-7H2,(H,19,23)/b14-8-. The number of carbonyl (C=O) groups excluding carboxylic acids is 2. The summed E-state index contributed by atoms with van der Waals surface area (Å²) in [6, 6.07) is 0. The van der Waals surface area contributed by atoms with Crippen LogP contribution in [0.4, 0.5) is 0 Å². The van der Waals surface area contributed by atoms with Crippen LogP contribution in [0.1, 0.15) is 44.9 Å². The van der Waals surface area contributed by atoms with E-state index in [0.29, 0.717) is 28.5 Å². The normalized spacial score (nSPS) is 37.3. The van der Waals surface area contributed by atoms with Crippen LogP contribution in [0.5, 0.6) is 0 Å². The van der Waals surface area contributed by atoms with Gasteiger partial charge in [-0.15, -0.1) is 0 Å². The summed E-state index contributed by atoms with van der Waals surface area (Å²) in [5.74, 6) is -0.646. The molecule has 2 saturated carbocycles. The summed E-state index contributed by atoms with van der Waals surface area (Å²) >= 11 is 10.00. The Labute approximate surface area is 170 Å². The Bertz CT molecular complexity index is 630. The first-order chi connectivity index (χ1) is 12.4.